The summed E-state index contributed by atoms with van der Waals surface area (Å²) in [6.07, 6.45) is 2.86. The molecule has 0 unspecified atom stereocenters. The van der Waals surface area contributed by atoms with Gasteiger partial charge in [0.2, 0.25) is 5.91 Å². The summed E-state index contributed by atoms with van der Waals surface area (Å²) in [5.41, 5.74) is 3.80. The van der Waals surface area contributed by atoms with Gasteiger partial charge < -0.3 is 4.90 Å². The van der Waals surface area contributed by atoms with E-state index in [1.807, 2.05) is 4.90 Å². The van der Waals surface area contributed by atoms with Gasteiger partial charge in [0, 0.05) is 6.54 Å². The van der Waals surface area contributed by atoms with Crippen LogP contribution in [0.1, 0.15) is 17.5 Å². The lowest BCUT2D eigenvalue weighted by atomic mass is 10.0. The average Bonchev–Trinajstić information content (AvgIpc) is 2.47. The minimum absolute atomic E-state index is 0.280. The molecule has 0 atom stereocenters. The van der Waals surface area contributed by atoms with Gasteiger partial charge in [0.25, 0.3) is 0 Å². The van der Waals surface area contributed by atoms with E-state index in [1.165, 1.54) is 16.8 Å². The molecule has 0 radical (unpaired) electrons. The van der Waals surface area contributed by atoms with Crippen LogP contribution in [0.2, 0.25) is 0 Å². The molecule has 0 saturated carbocycles. The monoisotopic (exact) mass is 173 g/mol. The molecule has 13 heavy (non-hydrogen) atoms. The highest BCUT2D eigenvalue weighted by Gasteiger charge is 2.31. The zero-order valence-electron chi connectivity index (χ0n) is 7.42. The second kappa shape index (κ2) is 2.34. The molecule has 1 aromatic rings. The van der Waals surface area contributed by atoms with Gasteiger partial charge in [0.05, 0.1) is 12.1 Å². The number of benzene rings is 1. The van der Waals surface area contributed by atoms with Crippen LogP contribution in [0.3, 0.4) is 0 Å². The van der Waals surface area contributed by atoms with Crippen LogP contribution in [-0.4, -0.2) is 12.5 Å². The summed E-state index contributed by atoms with van der Waals surface area (Å²) in [6, 6.07) is 6.28. The van der Waals surface area contributed by atoms with Gasteiger partial charge in [-0.3, -0.25) is 4.79 Å². The third kappa shape index (κ3) is 0.857. The van der Waals surface area contributed by atoms with Crippen molar-refractivity contribution < 1.29 is 4.79 Å². The maximum atomic E-state index is 11.6. The van der Waals surface area contributed by atoms with Crippen molar-refractivity contribution in [3.05, 3.63) is 29.3 Å². The molecule has 1 amide bonds. The second-order valence-electron chi connectivity index (χ2n) is 3.75. The summed E-state index contributed by atoms with van der Waals surface area (Å²) < 4.78 is 0. The third-order valence-electron chi connectivity index (χ3n) is 2.94. The Bertz CT molecular complexity index is 384. The molecule has 0 saturated heterocycles. The highest BCUT2D eigenvalue weighted by atomic mass is 16.2. The SMILES string of the molecule is O=C1Cc2cccc3c2N1CCC3. The van der Waals surface area contributed by atoms with Crippen LogP contribution in [0.5, 0.6) is 0 Å². The van der Waals surface area contributed by atoms with E-state index in [2.05, 4.69) is 18.2 Å². The summed E-state index contributed by atoms with van der Waals surface area (Å²) in [4.78, 5) is 13.5. The van der Waals surface area contributed by atoms with E-state index in [-0.39, 0.29) is 5.91 Å². The van der Waals surface area contributed by atoms with E-state index in [1.54, 1.807) is 0 Å². The van der Waals surface area contributed by atoms with Gasteiger partial charge in [-0.1, -0.05) is 18.2 Å². The first-order chi connectivity index (χ1) is 6.36. The van der Waals surface area contributed by atoms with Crippen LogP contribution in [-0.2, 0) is 17.6 Å². The van der Waals surface area contributed by atoms with Gasteiger partial charge in [-0.25, -0.2) is 0 Å². The number of carbonyl (C=O) groups excluding carboxylic acids is 1. The van der Waals surface area contributed by atoms with Gasteiger partial charge in [-0.2, -0.15) is 0 Å². The van der Waals surface area contributed by atoms with Crippen LogP contribution >= 0.6 is 0 Å². The Hall–Kier alpha value is -1.31. The fraction of sp³-hybridized carbons (Fsp3) is 0.364. The Kier molecular flexibility index (Phi) is 1.29. The van der Waals surface area contributed by atoms with Crippen LogP contribution < -0.4 is 4.90 Å². The lowest BCUT2D eigenvalue weighted by Gasteiger charge is -2.25. The summed E-state index contributed by atoms with van der Waals surface area (Å²) in [5, 5.41) is 0. The molecule has 0 aliphatic carbocycles. The highest BCUT2D eigenvalue weighted by molar-refractivity contribution is 6.02. The summed E-state index contributed by atoms with van der Waals surface area (Å²) in [7, 11) is 0. The van der Waals surface area contributed by atoms with Gasteiger partial charge in [0.15, 0.2) is 0 Å². The summed E-state index contributed by atoms with van der Waals surface area (Å²) in [6.45, 7) is 0.919. The maximum Gasteiger partial charge on any atom is 0.231 e. The summed E-state index contributed by atoms with van der Waals surface area (Å²) >= 11 is 0. The number of carbonyl (C=O) groups is 1. The van der Waals surface area contributed by atoms with Crippen molar-refractivity contribution in [1.29, 1.82) is 0 Å². The predicted molar refractivity (Wildman–Crippen MR) is 50.8 cm³/mol. The maximum absolute atomic E-state index is 11.6. The highest BCUT2D eigenvalue weighted by Crippen LogP contribution is 2.36. The number of anilines is 1. The standard InChI is InChI=1S/C11H11NO/c13-10-7-9-4-1-3-8-5-2-6-12(10)11(8)9/h1,3-4H,2,5-7H2. The first-order valence-corrected chi connectivity index (χ1v) is 4.77. The molecule has 2 nitrogen and oxygen atoms in total. The molecule has 0 N–H and O–H groups in total. The number of amides is 1. The number of rotatable bonds is 0. The molecule has 2 heterocycles. The normalized spacial score (nSPS) is 19.1. The minimum atomic E-state index is 0.280. The van der Waals surface area contributed by atoms with Crippen molar-refractivity contribution in [2.24, 2.45) is 0 Å². The van der Waals surface area contributed by atoms with Crippen LogP contribution in [0.15, 0.2) is 18.2 Å². The van der Waals surface area contributed by atoms with Crippen molar-refractivity contribution in [3.63, 3.8) is 0 Å². The van der Waals surface area contributed by atoms with Gasteiger partial charge in [-0.15, -0.1) is 0 Å². The fourth-order valence-electron chi connectivity index (χ4n) is 2.38. The van der Waals surface area contributed by atoms with Gasteiger partial charge >= 0.3 is 0 Å². The largest absolute Gasteiger partial charge is 0.312 e. The number of hydrogen-bond donors (Lipinski definition) is 0. The zero-order valence-corrected chi connectivity index (χ0v) is 7.42. The summed E-state index contributed by atoms with van der Waals surface area (Å²) in [5.74, 6) is 0.280. The number of nitrogens with zero attached hydrogens (tertiary/aromatic N) is 1. The smallest absolute Gasteiger partial charge is 0.231 e. The molecule has 0 aromatic heterocycles. The molecule has 1 aromatic carbocycles. The molecule has 3 rings (SSSR count). The first-order valence-electron chi connectivity index (χ1n) is 4.77. The van der Waals surface area contributed by atoms with E-state index in [9.17, 15) is 4.79 Å². The molecule has 2 aliphatic heterocycles. The molecule has 0 spiro atoms. The van der Waals surface area contributed by atoms with Crippen molar-refractivity contribution in [2.75, 3.05) is 11.4 Å². The van der Waals surface area contributed by atoms with Crippen LogP contribution in [0.4, 0.5) is 5.69 Å². The topological polar surface area (TPSA) is 20.3 Å². The van der Waals surface area contributed by atoms with Gasteiger partial charge in [-0.05, 0) is 24.0 Å². The molecular formula is C11H11NO. The number of para-hydroxylation sites is 1. The average molecular weight is 173 g/mol. The quantitative estimate of drug-likeness (QED) is 0.582. The molecule has 2 aliphatic rings. The first kappa shape index (κ1) is 7.13. The van der Waals surface area contributed by atoms with Crippen molar-refractivity contribution in [2.45, 2.75) is 19.3 Å². The van der Waals surface area contributed by atoms with E-state index >= 15 is 0 Å². The Morgan fingerprint density at radius 3 is 3.00 bits per heavy atom. The van der Waals surface area contributed by atoms with E-state index < -0.39 is 0 Å². The fourth-order valence-corrected chi connectivity index (χ4v) is 2.38. The Labute approximate surface area is 77.2 Å². The van der Waals surface area contributed by atoms with Crippen molar-refractivity contribution in [3.8, 4) is 0 Å². The van der Waals surface area contributed by atoms with Gasteiger partial charge in [0.1, 0.15) is 0 Å². The minimum Gasteiger partial charge on any atom is -0.312 e. The lowest BCUT2D eigenvalue weighted by molar-refractivity contribution is -0.117. The molecule has 66 valence electrons. The Balaban J connectivity index is 2.25. The second-order valence-corrected chi connectivity index (χ2v) is 3.75. The zero-order chi connectivity index (χ0) is 8.84. The number of hydrogen-bond acceptors (Lipinski definition) is 1. The predicted octanol–water partition coefficient (Wildman–Crippen LogP) is 1.52. The molecule has 0 bridgehead atoms. The molecule has 2 heteroatoms. The Morgan fingerprint density at radius 2 is 2.08 bits per heavy atom. The van der Waals surface area contributed by atoms with Crippen molar-refractivity contribution in [1.82, 2.24) is 0 Å². The van der Waals surface area contributed by atoms with E-state index in [0.717, 1.165) is 19.4 Å². The number of aryl methyl sites for hydroxylation is 1. The molecular weight excluding hydrogens is 162 g/mol. The Morgan fingerprint density at radius 1 is 1.23 bits per heavy atom. The van der Waals surface area contributed by atoms with Crippen LogP contribution in [0, 0.1) is 0 Å². The van der Waals surface area contributed by atoms with E-state index in [4.69, 9.17) is 0 Å². The van der Waals surface area contributed by atoms with E-state index in [0.29, 0.717) is 6.42 Å². The third-order valence-corrected chi connectivity index (χ3v) is 2.94. The molecule has 0 fully saturated rings. The lowest BCUT2D eigenvalue weighted by Crippen LogP contribution is -2.31. The van der Waals surface area contributed by atoms with Crippen molar-refractivity contribution >= 4 is 11.6 Å². The van der Waals surface area contributed by atoms with Crippen LogP contribution in [0.25, 0.3) is 0 Å².